The van der Waals surface area contributed by atoms with Crippen molar-refractivity contribution in [2.75, 3.05) is 26.2 Å². The topological polar surface area (TPSA) is 32.8 Å². The minimum Gasteiger partial charge on any atom is -0.372 e. The Labute approximate surface area is 149 Å². The SMILES string of the molecule is Cc1ccc(F)cc1CN1CCC(C(=O)N2C[C@@H](C)O[C@@H](C)C2)CC1. The molecule has 0 aromatic heterocycles. The number of halogens is 1. The van der Waals surface area contributed by atoms with Crippen LogP contribution in [0.25, 0.3) is 0 Å². The fourth-order valence-corrected chi connectivity index (χ4v) is 4.01. The lowest BCUT2D eigenvalue weighted by Crippen LogP contribution is -2.51. The summed E-state index contributed by atoms with van der Waals surface area (Å²) in [6.45, 7) is 10.0. The van der Waals surface area contributed by atoms with Crippen LogP contribution in [0.2, 0.25) is 0 Å². The number of hydrogen-bond acceptors (Lipinski definition) is 3. The molecule has 0 bridgehead atoms. The molecule has 25 heavy (non-hydrogen) atoms. The lowest BCUT2D eigenvalue weighted by atomic mass is 9.94. The van der Waals surface area contributed by atoms with Gasteiger partial charge in [0, 0.05) is 25.6 Å². The maximum Gasteiger partial charge on any atom is 0.225 e. The van der Waals surface area contributed by atoms with Gasteiger partial charge in [-0.2, -0.15) is 0 Å². The molecule has 4 nitrogen and oxygen atoms in total. The van der Waals surface area contributed by atoms with Crippen molar-refractivity contribution in [1.82, 2.24) is 9.80 Å². The molecule has 0 radical (unpaired) electrons. The van der Waals surface area contributed by atoms with E-state index < -0.39 is 0 Å². The van der Waals surface area contributed by atoms with Gasteiger partial charge in [0.15, 0.2) is 0 Å². The van der Waals surface area contributed by atoms with Crippen molar-refractivity contribution >= 4 is 5.91 Å². The maximum atomic E-state index is 13.5. The number of benzene rings is 1. The van der Waals surface area contributed by atoms with Crippen LogP contribution in [0.4, 0.5) is 4.39 Å². The predicted molar refractivity (Wildman–Crippen MR) is 95.7 cm³/mol. The van der Waals surface area contributed by atoms with Gasteiger partial charge in [0.1, 0.15) is 5.82 Å². The zero-order valence-corrected chi connectivity index (χ0v) is 15.5. The zero-order chi connectivity index (χ0) is 18.0. The summed E-state index contributed by atoms with van der Waals surface area (Å²) in [5, 5.41) is 0. The summed E-state index contributed by atoms with van der Waals surface area (Å²) in [5.74, 6) is 0.215. The van der Waals surface area contributed by atoms with Crippen LogP contribution in [-0.4, -0.2) is 54.1 Å². The molecule has 0 N–H and O–H groups in total. The van der Waals surface area contributed by atoms with Gasteiger partial charge in [-0.25, -0.2) is 4.39 Å². The second-order valence-electron chi connectivity index (χ2n) is 7.62. The molecule has 1 aromatic rings. The number of aryl methyl sites for hydroxylation is 1. The van der Waals surface area contributed by atoms with Crippen molar-refractivity contribution < 1.29 is 13.9 Å². The molecular weight excluding hydrogens is 319 g/mol. The molecule has 0 saturated carbocycles. The molecule has 0 aliphatic carbocycles. The monoisotopic (exact) mass is 348 g/mol. The zero-order valence-electron chi connectivity index (χ0n) is 15.5. The number of likely N-dealkylation sites (tertiary alicyclic amines) is 1. The number of carbonyl (C=O) groups excluding carboxylic acids is 1. The lowest BCUT2D eigenvalue weighted by molar-refractivity contribution is -0.148. The van der Waals surface area contributed by atoms with Crippen LogP contribution in [-0.2, 0) is 16.1 Å². The third-order valence-electron chi connectivity index (χ3n) is 5.37. The molecule has 5 heteroatoms. The normalized spacial score (nSPS) is 26.0. The van der Waals surface area contributed by atoms with Crippen LogP contribution >= 0.6 is 0 Å². The number of piperidine rings is 1. The number of morpholine rings is 1. The van der Waals surface area contributed by atoms with Gasteiger partial charge in [-0.15, -0.1) is 0 Å². The van der Waals surface area contributed by atoms with Crippen molar-refractivity contribution in [3.63, 3.8) is 0 Å². The summed E-state index contributed by atoms with van der Waals surface area (Å²) >= 11 is 0. The average Bonchev–Trinajstić information content (AvgIpc) is 2.57. The van der Waals surface area contributed by atoms with Gasteiger partial charge in [-0.3, -0.25) is 9.69 Å². The molecule has 1 amide bonds. The molecule has 2 aliphatic rings. The molecule has 2 saturated heterocycles. The van der Waals surface area contributed by atoms with Gasteiger partial charge in [0.2, 0.25) is 5.91 Å². The standard InChI is InChI=1S/C20H29FN2O2/c1-14-4-5-19(21)10-18(14)13-22-8-6-17(7-9-22)20(24)23-11-15(2)25-16(3)12-23/h4-5,10,15-17H,6-9,11-13H2,1-3H3/t15-,16+. The molecule has 2 fully saturated rings. The van der Waals surface area contributed by atoms with Gasteiger partial charge in [0.25, 0.3) is 0 Å². The Hall–Kier alpha value is -1.46. The van der Waals surface area contributed by atoms with Gasteiger partial charge >= 0.3 is 0 Å². The second kappa shape index (κ2) is 7.83. The van der Waals surface area contributed by atoms with Gasteiger partial charge in [0.05, 0.1) is 12.2 Å². The quantitative estimate of drug-likeness (QED) is 0.842. The summed E-state index contributed by atoms with van der Waals surface area (Å²) in [6, 6.07) is 4.97. The molecule has 2 heterocycles. The number of carbonyl (C=O) groups is 1. The Morgan fingerprint density at radius 3 is 2.48 bits per heavy atom. The summed E-state index contributed by atoms with van der Waals surface area (Å²) < 4.78 is 19.2. The van der Waals surface area contributed by atoms with Crippen molar-refractivity contribution in [3.8, 4) is 0 Å². The Morgan fingerprint density at radius 2 is 1.84 bits per heavy atom. The van der Waals surface area contributed by atoms with Crippen LogP contribution in [0.1, 0.15) is 37.8 Å². The number of hydrogen-bond donors (Lipinski definition) is 0. The Balaban J connectivity index is 1.53. The Bertz CT molecular complexity index is 604. The molecule has 0 unspecified atom stereocenters. The Kier molecular flexibility index (Phi) is 5.74. The van der Waals surface area contributed by atoms with Crippen LogP contribution in [0, 0.1) is 18.7 Å². The summed E-state index contributed by atoms with van der Waals surface area (Å²) in [5.41, 5.74) is 2.16. The number of nitrogens with zero attached hydrogens (tertiary/aromatic N) is 2. The van der Waals surface area contributed by atoms with E-state index in [0.717, 1.165) is 43.6 Å². The van der Waals surface area contributed by atoms with Crippen LogP contribution in [0.15, 0.2) is 18.2 Å². The van der Waals surface area contributed by atoms with E-state index in [1.54, 1.807) is 6.07 Å². The van der Waals surface area contributed by atoms with E-state index in [9.17, 15) is 9.18 Å². The molecular formula is C20H29FN2O2. The highest BCUT2D eigenvalue weighted by Gasteiger charge is 2.32. The summed E-state index contributed by atoms with van der Waals surface area (Å²) in [6.07, 6.45) is 1.99. The Morgan fingerprint density at radius 1 is 1.20 bits per heavy atom. The molecule has 2 aliphatic heterocycles. The van der Waals surface area contributed by atoms with E-state index in [1.165, 1.54) is 6.07 Å². The van der Waals surface area contributed by atoms with E-state index in [2.05, 4.69) is 4.90 Å². The minimum absolute atomic E-state index is 0.113. The highest BCUT2D eigenvalue weighted by atomic mass is 19.1. The fraction of sp³-hybridized carbons (Fsp3) is 0.650. The molecule has 138 valence electrons. The smallest absolute Gasteiger partial charge is 0.225 e. The third-order valence-corrected chi connectivity index (χ3v) is 5.37. The van der Waals surface area contributed by atoms with Crippen LogP contribution in [0.3, 0.4) is 0 Å². The molecule has 0 spiro atoms. The van der Waals surface area contributed by atoms with Gasteiger partial charge in [-0.1, -0.05) is 6.07 Å². The van der Waals surface area contributed by atoms with Crippen molar-refractivity contribution in [1.29, 1.82) is 0 Å². The summed E-state index contributed by atoms with van der Waals surface area (Å²) in [4.78, 5) is 17.1. The van der Waals surface area contributed by atoms with Crippen molar-refractivity contribution in [3.05, 3.63) is 35.1 Å². The number of ether oxygens (including phenoxy) is 1. The van der Waals surface area contributed by atoms with E-state index in [4.69, 9.17) is 4.74 Å². The fourth-order valence-electron chi connectivity index (χ4n) is 4.01. The molecule has 2 atom stereocenters. The van der Waals surface area contributed by atoms with E-state index in [0.29, 0.717) is 13.1 Å². The first-order valence-corrected chi connectivity index (χ1v) is 9.34. The first-order valence-electron chi connectivity index (χ1n) is 9.34. The van der Waals surface area contributed by atoms with Crippen molar-refractivity contribution in [2.45, 2.75) is 52.4 Å². The molecule has 1 aromatic carbocycles. The molecule has 3 rings (SSSR count). The predicted octanol–water partition coefficient (Wildman–Crippen LogP) is 2.98. The van der Waals surface area contributed by atoms with Crippen LogP contribution in [0.5, 0.6) is 0 Å². The highest BCUT2D eigenvalue weighted by molar-refractivity contribution is 5.79. The number of amides is 1. The summed E-state index contributed by atoms with van der Waals surface area (Å²) in [7, 11) is 0. The first-order chi connectivity index (χ1) is 11.9. The highest BCUT2D eigenvalue weighted by Crippen LogP contribution is 2.24. The van der Waals surface area contributed by atoms with E-state index >= 15 is 0 Å². The largest absolute Gasteiger partial charge is 0.372 e. The lowest BCUT2D eigenvalue weighted by Gasteiger charge is -2.39. The third kappa shape index (κ3) is 4.59. The second-order valence-corrected chi connectivity index (χ2v) is 7.62. The van der Waals surface area contributed by atoms with Crippen LogP contribution < -0.4 is 0 Å². The first kappa shape index (κ1) is 18.3. The maximum absolute atomic E-state index is 13.5. The van der Waals surface area contributed by atoms with E-state index in [1.807, 2.05) is 31.7 Å². The number of rotatable bonds is 3. The van der Waals surface area contributed by atoms with E-state index in [-0.39, 0.29) is 29.9 Å². The minimum atomic E-state index is -0.179. The van der Waals surface area contributed by atoms with Gasteiger partial charge in [-0.05, 0) is 70.0 Å². The average molecular weight is 348 g/mol. The van der Waals surface area contributed by atoms with Crippen molar-refractivity contribution in [2.24, 2.45) is 5.92 Å². The van der Waals surface area contributed by atoms with Gasteiger partial charge < -0.3 is 9.64 Å².